The number of nitrogens with zero attached hydrogens (tertiary/aromatic N) is 4. The molecule has 1 aromatic heterocycles. The first kappa shape index (κ1) is 20.6. The summed E-state index contributed by atoms with van der Waals surface area (Å²) in [4.78, 5) is 29.8. The number of amides is 2. The lowest BCUT2D eigenvalue weighted by Crippen LogP contribution is -2.53. The molecule has 1 aromatic carbocycles. The van der Waals surface area contributed by atoms with Gasteiger partial charge in [0.1, 0.15) is 0 Å². The Morgan fingerprint density at radius 2 is 1.50 bits per heavy atom. The van der Waals surface area contributed by atoms with E-state index in [9.17, 15) is 9.59 Å². The van der Waals surface area contributed by atoms with Gasteiger partial charge in [0.15, 0.2) is 5.69 Å². The predicted molar refractivity (Wildman–Crippen MR) is 117 cm³/mol. The Balaban J connectivity index is 1.58. The second kappa shape index (κ2) is 8.25. The molecular formula is C24H32N4O2. The number of carbonyl (C=O) groups is 2. The van der Waals surface area contributed by atoms with Crippen LogP contribution < -0.4 is 0 Å². The van der Waals surface area contributed by atoms with Crippen LogP contribution in [0.3, 0.4) is 0 Å². The molecule has 1 saturated heterocycles. The van der Waals surface area contributed by atoms with Crippen LogP contribution in [0.1, 0.15) is 61.8 Å². The standard InChI is InChI=1S/C24H32N4O2/c1-24(2,3)23(30)27-16-14-26(15-17-27)22(29)21-19-12-8-5-9-13-20(19)28(25-21)18-10-6-4-7-11-18/h4,6-7,10-11H,5,8-9,12-17H2,1-3H3. The minimum absolute atomic E-state index is 0.00527. The van der Waals surface area contributed by atoms with Gasteiger partial charge in [-0.2, -0.15) is 5.10 Å². The second-order valence-corrected chi connectivity index (χ2v) is 9.42. The monoisotopic (exact) mass is 408 g/mol. The molecule has 1 aliphatic heterocycles. The lowest BCUT2D eigenvalue weighted by Gasteiger charge is -2.37. The van der Waals surface area contributed by atoms with Gasteiger partial charge in [0.05, 0.1) is 5.69 Å². The Kier molecular flexibility index (Phi) is 5.67. The summed E-state index contributed by atoms with van der Waals surface area (Å²) in [7, 11) is 0. The van der Waals surface area contributed by atoms with Crippen LogP contribution >= 0.6 is 0 Å². The largest absolute Gasteiger partial charge is 0.339 e. The van der Waals surface area contributed by atoms with Crippen molar-refractivity contribution < 1.29 is 9.59 Å². The molecule has 30 heavy (non-hydrogen) atoms. The Morgan fingerprint density at radius 1 is 0.867 bits per heavy atom. The molecule has 2 aromatic rings. The first-order valence-electron chi connectivity index (χ1n) is 11.1. The fourth-order valence-electron chi connectivity index (χ4n) is 4.47. The van der Waals surface area contributed by atoms with Crippen LogP contribution in [-0.4, -0.2) is 57.6 Å². The van der Waals surface area contributed by atoms with Gasteiger partial charge in [0, 0.05) is 42.9 Å². The normalized spacial score (nSPS) is 17.4. The third-order valence-electron chi connectivity index (χ3n) is 6.13. The molecule has 0 N–H and O–H groups in total. The molecule has 2 amide bonds. The number of piperazine rings is 1. The van der Waals surface area contributed by atoms with Gasteiger partial charge < -0.3 is 9.80 Å². The molecular weight excluding hydrogens is 376 g/mol. The summed E-state index contributed by atoms with van der Waals surface area (Å²) in [6, 6.07) is 10.1. The average Bonchev–Trinajstić information content (AvgIpc) is 2.93. The minimum Gasteiger partial charge on any atom is -0.339 e. The lowest BCUT2D eigenvalue weighted by molar-refractivity contribution is -0.140. The van der Waals surface area contributed by atoms with Crippen molar-refractivity contribution in [3.05, 3.63) is 47.3 Å². The van der Waals surface area contributed by atoms with Crippen LogP contribution in [-0.2, 0) is 17.6 Å². The van der Waals surface area contributed by atoms with Crippen molar-refractivity contribution in [2.45, 2.75) is 52.9 Å². The molecule has 4 rings (SSSR count). The van der Waals surface area contributed by atoms with Crippen LogP contribution in [0.4, 0.5) is 0 Å². The van der Waals surface area contributed by atoms with Crippen molar-refractivity contribution in [2.24, 2.45) is 5.41 Å². The number of para-hydroxylation sites is 1. The summed E-state index contributed by atoms with van der Waals surface area (Å²) in [5, 5.41) is 4.82. The number of aromatic nitrogens is 2. The van der Waals surface area contributed by atoms with Gasteiger partial charge in [-0.15, -0.1) is 0 Å². The van der Waals surface area contributed by atoms with Crippen LogP contribution in [0, 0.1) is 5.41 Å². The highest BCUT2D eigenvalue weighted by molar-refractivity contribution is 5.94. The molecule has 6 nitrogen and oxygen atoms in total. The first-order valence-corrected chi connectivity index (χ1v) is 11.1. The van der Waals surface area contributed by atoms with Crippen LogP contribution in [0.25, 0.3) is 5.69 Å². The Labute approximate surface area is 178 Å². The molecule has 0 spiro atoms. The van der Waals surface area contributed by atoms with E-state index in [1.54, 1.807) is 0 Å². The van der Waals surface area contributed by atoms with Crippen LogP contribution in [0.2, 0.25) is 0 Å². The molecule has 6 heteroatoms. The van der Waals surface area contributed by atoms with Crippen molar-refractivity contribution in [1.29, 1.82) is 0 Å². The van der Waals surface area contributed by atoms with E-state index in [2.05, 4.69) is 0 Å². The van der Waals surface area contributed by atoms with Gasteiger partial charge in [0.25, 0.3) is 5.91 Å². The fourth-order valence-corrected chi connectivity index (χ4v) is 4.47. The van der Waals surface area contributed by atoms with Crippen LogP contribution in [0.15, 0.2) is 30.3 Å². The third-order valence-corrected chi connectivity index (χ3v) is 6.13. The molecule has 0 saturated carbocycles. The second-order valence-electron chi connectivity index (χ2n) is 9.42. The van der Waals surface area contributed by atoms with Crippen molar-refractivity contribution in [2.75, 3.05) is 26.2 Å². The van der Waals surface area contributed by atoms with E-state index < -0.39 is 5.41 Å². The summed E-state index contributed by atoms with van der Waals surface area (Å²) in [5.41, 5.74) is 3.53. The predicted octanol–water partition coefficient (Wildman–Crippen LogP) is 3.47. The van der Waals surface area contributed by atoms with Gasteiger partial charge in [-0.3, -0.25) is 9.59 Å². The molecule has 0 bridgehead atoms. The molecule has 0 unspecified atom stereocenters. The van der Waals surface area contributed by atoms with Gasteiger partial charge >= 0.3 is 0 Å². The minimum atomic E-state index is -0.391. The Morgan fingerprint density at radius 3 is 2.17 bits per heavy atom. The van der Waals surface area contributed by atoms with Crippen molar-refractivity contribution in [3.63, 3.8) is 0 Å². The van der Waals surface area contributed by atoms with Gasteiger partial charge in [0.2, 0.25) is 5.91 Å². The molecule has 1 aliphatic carbocycles. The summed E-state index contributed by atoms with van der Waals surface area (Å²) in [5.74, 6) is 0.155. The van der Waals surface area contributed by atoms with E-state index in [0.29, 0.717) is 31.9 Å². The Hall–Kier alpha value is -2.63. The van der Waals surface area contributed by atoms with Crippen molar-refractivity contribution in [3.8, 4) is 5.69 Å². The van der Waals surface area contributed by atoms with E-state index in [0.717, 1.165) is 36.9 Å². The zero-order chi connectivity index (χ0) is 21.3. The summed E-state index contributed by atoms with van der Waals surface area (Å²) >= 11 is 0. The summed E-state index contributed by atoms with van der Waals surface area (Å²) in [6.07, 6.45) is 5.28. The van der Waals surface area contributed by atoms with E-state index in [1.165, 1.54) is 12.1 Å². The highest BCUT2D eigenvalue weighted by Crippen LogP contribution is 2.27. The quantitative estimate of drug-likeness (QED) is 0.715. The zero-order valence-corrected chi connectivity index (χ0v) is 18.4. The number of fused-ring (bicyclic) bond motifs is 1. The van der Waals surface area contributed by atoms with E-state index in [-0.39, 0.29) is 11.8 Å². The number of rotatable bonds is 2. The molecule has 160 valence electrons. The summed E-state index contributed by atoms with van der Waals surface area (Å²) < 4.78 is 1.98. The number of hydrogen-bond donors (Lipinski definition) is 0. The van der Waals surface area contributed by atoms with Gasteiger partial charge in [-0.1, -0.05) is 45.4 Å². The summed E-state index contributed by atoms with van der Waals surface area (Å²) in [6.45, 7) is 8.13. The van der Waals surface area contributed by atoms with E-state index in [4.69, 9.17) is 5.10 Å². The molecule has 0 radical (unpaired) electrons. The van der Waals surface area contributed by atoms with Gasteiger partial charge in [-0.05, 0) is 37.8 Å². The van der Waals surface area contributed by atoms with Crippen molar-refractivity contribution in [1.82, 2.24) is 19.6 Å². The molecule has 2 heterocycles. The number of carbonyl (C=O) groups excluding carboxylic acids is 2. The maximum Gasteiger partial charge on any atom is 0.274 e. The number of benzene rings is 1. The Bertz CT molecular complexity index is 919. The highest BCUT2D eigenvalue weighted by atomic mass is 16.2. The van der Waals surface area contributed by atoms with Crippen LogP contribution in [0.5, 0.6) is 0 Å². The maximum absolute atomic E-state index is 13.4. The van der Waals surface area contributed by atoms with E-state index in [1.807, 2.05) is 65.6 Å². The van der Waals surface area contributed by atoms with E-state index >= 15 is 0 Å². The average molecular weight is 409 g/mol. The SMILES string of the molecule is CC(C)(C)C(=O)N1CCN(C(=O)c2nn(-c3ccccc3)c3c2CCCCC3)CC1. The van der Waals surface area contributed by atoms with Gasteiger partial charge in [-0.25, -0.2) is 4.68 Å². The third kappa shape index (κ3) is 4.00. The molecule has 2 aliphatic rings. The lowest BCUT2D eigenvalue weighted by atomic mass is 9.94. The first-order chi connectivity index (χ1) is 14.4. The smallest absolute Gasteiger partial charge is 0.274 e. The fraction of sp³-hybridized carbons (Fsp3) is 0.542. The zero-order valence-electron chi connectivity index (χ0n) is 18.4. The molecule has 1 fully saturated rings. The maximum atomic E-state index is 13.4. The molecule has 0 atom stereocenters. The topological polar surface area (TPSA) is 58.4 Å². The van der Waals surface area contributed by atoms with Crippen molar-refractivity contribution >= 4 is 11.8 Å². The number of hydrogen-bond acceptors (Lipinski definition) is 3. The highest BCUT2D eigenvalue weighted by Gasteiger charge is 2.33.